The highest BCUT2D eigenvalue weighted by Crippen LogP contribution is 2.30. The Kier molecular flexibility index (Phi) is 2.84. The Balaban J connectivity index is 2.31. The predicted molar refractivity (Wildman–Crippen MR) is 77.6 cm³/mol. The fourth-order valence-electron chi connectivity index (χ4n) is 2.33. The molecular weight excluding hydrogens is 239 g/mol. The Hall–Kier alpha value is -1.78. The molecule has 0 amide bonds. The molecule has 96 valence electrons. The largest absolute Gasteiger partial charge is 0.488 e. The van der Waals surface area contributed by atoms with E-state index in [9.17, 15) is 10.0 Å². The van der Waals surface area contributed by atoms with E-state index in [-0.39, 0.29) is 0 Å². The third-order valence-corrected chi connectivity index (χ3v) is 3.48. The number of rotatable bonds is 2. The van der Waals surface area contributed by atoms with E-state index >= 15 is 0 Å². The van der Waals surface area contributed by atoms with Crippen molar-refractivity contribution in [2.45, 2.75) is 19.8 Å². The van der Waals surface area contributed by atoms with Crippen LogP contribution in [0.3, 0.4) is 0 Å². The molecule has 0 atom stereocenters. The van der Waals surface area contributed by atoms with Crippen LogP contribution in [-0.4, -0.2) is 17.2 Å². The van der Waals surface area contributed by atoms with Gasteiger partial charge >= 0.3 is 7.12 Å². The molecule has 0 spiro atoms. The van der Waals surface area contributed by atoms with Crippen molar-refractivity contribution in [1.82, 2.24) is 0 Å². The molecule has 0 saturated heterocycles. The lowest BCUT2D eigenvalue weighted by Crippen LogP contribution is -2.29. The molecule has 0 unspecified atom stereocenters. The van der Waals surface area contributed by atoms with Crippen molar-refractivity contribution in [3.05, 3.63) is 42.0 Å². The van der Waals surface area contributed by atoms with Gasteiger partial charge in [-0.05, 0) is 35.1 Å². The first-order valence-corrected chi connectivity index (χ1v) is 6.38. The van der Waals surface area contributed by atoms with Gasteiger partial charge in [0.05, 0.1) is 0 Å². The second kappa shape index (κ2) is 4.40. The molecule has 0 radical (unpaired) electrons. The molecule has 3 nitrogen and oxygen atoms in total. The van der Waals surface area contributed by atoms with Crippen molar-refractivity contribution >= 4 is 34.5 Å². The topological polar surface area (TPSA) is 53.6 Å². The molecule has 0 fully saturated rings. The average Bonchev–Trinajstić information content (AvgIpc) is 2.75. The van der Waals surface area contributed by atoms with Crippen LogP contribution in [-0.2, 0) is 0 Å². The standard InChI is InChI=1S/C15H15BO3/c1-9(2)10-3-5-14-12(7-10)13-8-11(16(17)18)4-6-15(13)19-14/h3-9,17-18H,1-2H3. The van der Waals surface area contributed by atoms with Gasteiger partial charge in [0.1, 0.15) is 11.2 Å². The van der Waals surface area contributed by atoms with Crippen LogP contribution >= 0.6 is 0 Å². The van der Waals surface area contributed by atoms with E-state index in [1.807, 2.05) is 6.07 Å². The molecule has 3 rings (SSSR count). The second-order valence-electron chi connectivity index (χ2n) is 5.14. The monoisotopic (exact) mass is 254 g/mol. The van der Waals surface area contributed by atoms with Gasteiger partial charge in [-0.3, -0.25) is 0 Å². The van der Waals surface area contributed by atoms with Crippen molar-refractivity contribution < 1.29 is 14.5 Å². The van der Waals surface area contributed by atoms with Crippen LogP contribution in [0.1, 0.15) is 25.3 Å². The van der Waals surface area contributed by atoms with Gasteiger partial charge in [0.2, 0.25) is 0 Å². The van der Waals surface area contributed by atoms with Crippen molar-refractivity contribution in [3.63, 3.8) is 0 Å². The Bertz CT molecular complexity index is 681. The maximum atomic E-state index is 9.26. The van der Waals surface area contributed by atoms with Gasteiger partial charge in [0.25, 0.3) is 0 Å². The van der Waals surface area contributed by atoms with Crippen molar-refractivity contribution in [3.8, 4) is 0 Å². The Morgan fingerprint density at radius 3 is 2.21 bits per heavy atom. The minimum atomic E-state index is -1.46. The van der Waals surface area contributed by atoms with E-state index in [0.717, 1.165) is 21.9 Å². The summed E-state index contributed by atoms with van der Waals surface area (Å²) in [6.45, 7) is 4.29. The summed E-state index contributed by atoms with van der Waals surface area (Å²) in [5, 5.41) is 20.5. The molecule has 4 heteroatoms. The van der Waals surface area contributed by atoms with E-state index in [0.29, 0.717) is 11.4 Å². The van der Waals surface area contributed by atoms with Gasteiger partial charge in [-0.1, -0.05) is 32.0 Å². The average molecular weight is 254 g/mol. The summed E-state index contributed by atoms with van der Waals surface area (Å²) in [5.74, 6) is 0.445. The normalized spacial score (nSPS) is 11.6. The number of hydrogen-bond donors (Lipinski definition) is 2. The zero-order chi connectivity index (χ0) is 13.6. The predicted octanol–water partition coefficient (Wildman–Crippen LogP) is 2.39. The third-order valence-electron chi connectivity index (χ3n) is 3.48. The first kappa shape index (κ1) is 12.3. The smallest absolute Gasteiger partial charge is 0.456 e. The molecule has 0 aliphatic carbocycles. The van der Waals surface area contributed by atoms with E-state index in [1.54, 1.807) is 18.2 Å². The molecule has 0 bridgehead atoms. The fraction of sp³-hybridized carbons (Fsp3) is 0.200. The molecule has 19 heavy (non-hydrogen) atoms. The van der Waals surface area contributed by atoms with Crippen molar-refractivity contribution in [1.29, 1.82) is 0 Å². The second-order valence-corrected chi connectivity index (χ2v) is 5.14. The van der Waals surface area contributed by atoms with E-state index in [2.05, 4.69) is 26.0 Å². The first-order valence-electron chi connectivity index (χ1n) is 6.38. The van der Waals surface area contributed by atoms with Gasteiger partial charge in [0.15, 0.2) is 0 Å². The number of furan rings is 1. The van der Waals surface area contributed by atoms with E-state index in [4.69, 9.17) is 4.42 Å². The van der Waals surface area contributed by atoms with Crippen LogP contribution in [0.25, 0.3) is 21.9 Å². The Morgan fingerprint density at radius 2 is 1.58 bits per heavy atom. The van der Waals surface area contributed by atoms with Gasteiger partial charge in [-0.2, -0.15) is 0 Å². The molecule has 0 saturated carbocycles. The lowest BCUT2D eigenvalue weighted by molar-refractivity contribution is 0.426. The summed E-state index contributed by atoms with van der Waals surface area (Å²) in [7, 11) is -1.46. The van der Waals surface area contributed by atoms with Crippen LogP contribution in [0.2, 0.25) is 0 Å². The van der Waals surface area contributed by atoms with Gasteiger partial charge in [-0.15, -0.1) is 0 Å². The zero-order valence-corrected chi connectivity index (χ0v) is 10.9. The molecule has 0 aliphatic heterocycles. The van der Waals surface area contributed by atoms with E-state index in [1.165, 1.54) is 5.56 Å². The number of hydrogen-bond acceptors (Lipinski definition) is 3. The third kappa shape index (κ3) is 2.03. The summed E-state index contributed by atoms with van der Waals surface area (Å²) in [6.07, 6.45) is 0. The van der Waals surface area contributed by atoms with E-state index < -0.39 is 7.12 Å². The minimum Gasteiger partial charge on any atom is -0.456 e. The lowest BCUT2D eigenvalue weighted by atomic mass is 9.80. The molecule has 3 aromatic rings. The SMILES string of the molecule is CC(C)c1ccc2oc3ccc(B(O)O)cc3c2c1. The maximum Gasteiger partial charge on any atom is 0.488 e. The van der Waals surface area contributed by atoms with Crippen LogP contribution in [0.5, 0.6) is 0 Å². The molecule has 2 N–H and O–H groups in total. The quantitative estimate of drug-likeness (QED) is 0.690. The Labute approximate surface area is 111 Å². The van der Waals surface area contributed by atoms with Crippen LogP contribution < -0.4 is 5.46 Å². The molecule has 2 aromatic carbocycles. The van der Waals surface area contributed by atoms with Gasteiger partial charge in [-0.25, -0.2) is 0 Å². The molecule has 1 aromatic heterocycles. The maximum absolute atomic E-state index is 9.26. The summed E-state index contributed by atoms with van der Waals surface area (Å²) in [6, 6.07) is 11.4. The minimum absolute atomic E-state index is 0.445. The van der Waals surface area contributed by atoms with Crippen molar-refractivity contribution in [2.24, 2.45) is 0 Å². The fourth-order valence-corrected chi connectivity index (χ4v) is 2.33. The Morgan fingerprint density at radius 1 is 0.947 bits per heavy atom. The highest BCUT2D eigenvalue weighted by atomic mass is 16.4. The summed E-state index contributed by atoms with van der Waals surface area (Å²) >= 11 is 0. The first-order chi connectivity index (χ1) is 9.06. The summed E-state index contributed by atoms with van der Waals surface area (Å²) in [4.78, 5) is 0. The van der Waals surface area contributed by atoms with Crippen LogP contribution in [0.15, 0.2) is 40.8 Å². The van der Waals surface area contributed by atoms with Gasteiger partial charge < -0.3 is 14.5 Å². The highest BCUT2D eigenvalue weighted by Gasteiger charge is 2.14. The number of benzene rings is 2. The molecular formula is C15H15BO3. The summed E-state index contributed by atoms with van der Waals surface area (Å²) < 4.78 is 5.76. The zero-order valence-electron chi connectivity index (χ0n) is 10.9. The summed E-state index contributed by atoms with van der Waals surface area (Å²) in [5.41, 5.74) is 3.31. The molecule has 1 heterocycles. The molecule has 0 aliphatic rings. The van der Waals surface area contributed by atoms with Crippen LogP contribution in [0, 0.1) is 0 Å². The number of fused-ring (bicyclic) bond motifs is 3. The lowest BCUT2D eigenvalue weighted by Gasteiger charge is -2.04. The highest BCUT2D eigenvalue weighted by molar-refractivity contribution is 6.59. The van der Waals surface area contributed by atoms with Crippen LogP contribution in [0.4, 0.5) is 0 Å². The van der Waals surface area contributed by atoms with Crippen molar-refractivity contribution in [2.75, 3.05) is 0 Å². The van der Waals surface area contributed by atoms with Gasteiger partial charge in [0, 0.05) is 10.8 Å².